The van der Waals surface area contributed by atoms with Crippen molar-refractivity contribution in [2.75, 3.05) is 24.5 Å². The second-order valence-electron chi connectivity index (χ2n) is 7.17. The van der Waals surface area contributed by atoms with Crippen LogP contribution < -0.4 is 10.5 Å². The van der Waals surface area contributed by atoms with Gasteiger partial charge in [0.25, 0.3) is 5.56 Å². The maximum Gasteiger partial charge on any atom is 0.251 e. The van der Waals surface area contributed by atoms with Gasteiger partial charge in [-0.05, 0) is 43.7 Å². The van der Waals surface area contributed by atoms with Crippen LogP contribution in [0.1, 0.15) is 18.1 Å². The Morgan fingerprint density at radius 1 is 1.22 bits per heavy atom. The van der Waals surface area contributed by atoms with Crippen molar-refractivity contribution in [1.29, 1.82) is 0 Å². The van der Waals surface area contributed by atoms with Crippen molar-refractivity contribution in [3.05, 3.63) is 64.0 Å². The molecule has 0 unspecified atom stereocenters. The van der Waals surface area contributed by atoms with Gasteiger partial charge in [0, 0.05) is 44.0 Å². The number of H-pyrrole nitrogens is 1. The number of nitrogens with one attached hydrogen (secondary N) is 1. The van der Waals surface area contributed by atoms with Crippen molar-refractivity contribution in [2.45, 2.75) is 26.4 Å². The number of aromatic amines is 1. The van der Waals surface area contributed by atoms with E-state index in [4.69, 9.17) is 0 Å². The van der Waals surface area contributed by atoms with Crippen LogP contribution in [0.25, 0.3) is 11.0 Å². The molecule has 0 bridgehead atoms. The molecule has 6 nitrogen and oxygen atoms in total. The third-order valence-corrected chi connectivity index (χ3v) is 5.06. The van der Waals surface area contributed by atoms with E-state index in [0.717, 1.165) is 48.6 Å². The van der Waals surface area contributed by atoms with E-state index in [2.05, 4.69) is 31.7 Å². The van der Waals surface area contributed by atoms with Gasteiger partial charge >= 0.3 is 0 Å². The molecule has 7 heteroatoms. The van der Waals surface area contributed by atoms with Gasteiger partial charge in [-0.1, -0.05) is 0 Å². The lowest BCUT2D eigenvalue weighted by Crippen LogP contribution is -2.51. The lowest BCUT2D eigenvalue weighted by atomic mass is 10.1. The predicted molar refractivity (Wildman–Crippen MR) is 103 cm³/mol. The largest absolute Gasteiger partial charge is 0.351 e. The van der Waals surface area contributed by atoms with Crippen LogP contribution in [0.4, 0.5) is 10.2 Å². The molecule has 1 N–H and O–H groups in total. The first kappa shape index (κ1) is 17.6. The second kappa shape index (κ2) is 7.08. The minimum Gasteiger partial charge on any atom is -0.351 e. The van der Waals surface area contributed by atoms with Gasteiger partial charge in [-0.3, -0.25) is 14.7 Å². The summed E-state index contributed by atoms with van der Waals surface area (Å²) >= 11 is 0. The molecule has 0 saturated carbocycles. The van der Waals surface area contributed by atoms with E-state index < -0.39 is 0 Å². The topological polar surface area (TPSA) is 65.1 Å². The van der Waals surface area contributed by atoms with E-state index in [1.165, 1.54) is 12.3 Å². The number of halogens is 1. The fourth-order valence-electron chi connectivity index (χ4n) is 3.62. The van der Waals surface area contributed by atoms with Crippen LogP contribution in [0.3, 0.4) is 0 Å². The first-order chi connectivity index (χ1) is 13.0. The number of pyridine rings is 3. The van der Waals surface area contributed by atoms with Gasteiger partial charge in [-0.2, -0.15) is 0 Å². The number of aryl methyl sites for hydroxylation is 1. The van der Waals surface area contributed by atoms with Crippen molar-refractivity contribution in [3.8, 4) is 0 Å². The molecule has 0 spiro atoms. The Bertz CT molecular complexity index is 1020. The molecule has 4 heterocycles. The van der Waals surface area contributed by atoms with Gasteiger partial charge in [0.05, 0.1) is 17.2 Å². The van der Waals surface area contributed by atoms with Crippen LogP contribution in [0.2, 0.25) is 0 Å². The standard InChI is InChI=1S/C20H22FN5O/c1-13-7-17-18(24-20(13)27)8-15(9-22-17)12-25-5-6-26(14(2)11-25)19-4-3-16(21)10-23-19/h3-4,7-10,14H,5-6,11-12H2,1-2H3,(H,24,27)/t14-/m1/s1. The summed E-state index contributed by atoms with van der Waals surface area (Å²) in [6.45, 7) is 7.29. The minimum atomic E-state index is -0.318. The number of anilines is 1. The molecule has 0 amide bonds. The van der Waals surface area contributed by atoms with Gasteiger partial charge in [0.15, 0.2) is 0 Å². The van der Waals surface area contributed by atoms with Crippen LogP contribution >= 0.6 is 0 Å². The summed E-state index contributed by atoms with van der Waals surface area (Å²) in [5, 5.41) is 0. The number of hydrogen-bond donors (Lipinski definition) is 1. The van der Waals surface area contributed by atoms with Crippen molar-refractivity contribution < 1.29 is 4.39 Å². The highest BCUT2D eigenvalue weighted by Crippen LogP contribution is 2.20. The molecule has 1 aliphatic heterocycles. The summed E-state index contributed by atoms with van der Waals surface area (Å²) in [5.41, 5.74) is 3.24. The molecule has 3 aromatic heterocycles. The molecule has 1 fully saturated rings. The number of piperazine rings is 1. The van der Waals surface area contributed by atoms with Crippen molar-refractivity contribution >= 4 is 16.9 Å². The smallest absolute Gasteiger partial charge is 0.251 e. The fraction of sp³-hybridized carbons (Fsp3) is 0.350. The maximum absolute atomic E-state index is 13.1. The Morgan fingerprint density at radius 2 is 2.07 bits per heavy atom. The number of rotatable bonds is 3. The average molecular weight is 367 g/mol. The molecule has 140 valence electrons. The molecule has 1 aliphatic rings. The Kier molecular flexibility index (Phi) is 4.61. The number of hydrogen-bond acceptors (Lipinski definition) is 5. The molecular formula is C20H22FN5O. The molecule has 4 rings (SSSR count). The lowest BCUT2D eigenvalue weighted by molar-refractivity contribution is 0.220. The summed E-state index contributed by atoms with van der Waals surface area (Å²) in [4.78, 5) is 28.0. The first-order valence-electron chi connectivity index (χ1n) is 9.09. The van der Waals surface area contributed by atoms with E-state index in [1.807, 2.05) is 18.3 Å². The minimum absolute atomic E-state index is 0.0736. The lowest BCUT2D eigenvalue weighted by Gasteiger charge is -2.40. The van der Waals surface area contributed by atoms with Gasteiger partial charge in [0.1, 0.15) is 11.6 Å². The summed E-state index contributed by atoms with van der Waals surface area (Å²) in [6.07, 6.45) is 3.14. The normalized spacial score (nSPS) is 18.2. The van der Waals surface area contributed by atoms with Crippen LogP contribution in [0, 0.1) is 12.7 Å². The highest BCUT2D eigenvalue weighted by atomic mass is 19.1. The third-order valence-electron chi connectivity index (χ3n) is 5.06. The average Bonchev–Trinajstić information content (AvgIpc) is 2.64. The summed E-state index contributed by atoms with van der Waals surface area (Å²) in [5.74, 6) is 0.492. The van der Waals surface area contributed by atoms with E-state index in [0.29, 0.717) is 5.56 Å². The highest BCUT2D eigenvalue weighted by molar-refractivity contribution is 5.74. The van der Waals surface area contributed by atoms with Crippen LogP contribution in [0.15, 0.2) is 41.5 Å². The summed E-state index contributed by atoms with van der Waals surface area (Å²) < 4.78 is 13.1. The zero-order valence-electron chi connectivity index (χ0n) is 15.4. The SMILES string of the molecule is Cc1cc2ncc(CN3CCN(c4ccc(F)cn4)[C@H](C)C3)cc2[nH]c1=O. The van der Waals surface area contributed by atoms with E-state index >= 15 is 0 Å². The number of aromatic nitrogens is 3. The van der Waals surface area contributed by atoms with Gasteiger partial charge in [0.2, 0.25) is 0 Å². The van der Waals surface area contributed by atoms with E-state index in [1.54, 1.807) is 13.0 Å². The summed E-state index contributed by atoms with van der Waals surface area (Å²) in [7, 11) is 0. The quantitative estimate of drug-likeness (QED) is 0.770. The Balaban J connectivity index is 1.46. The van der Waals surface area contributed by atoms with Crippen molar-refractivity contribution in [1.82, 2.24) is 19.9 Å². The summed E-state index contributed by atoms with van der Waals surface area (Å²) in [6, 6.07) is 7.26. The van der Waals surface area contributed by atoms with Crippen LogP contribution in [0.5, 0.6) is 0 Å². The third kappa shape index (κ3) is 3.68. The molecule has 0 aliphatic carbocycles. The highest BCUT2D eigenvalue weighted by Gasteiger charge is 2.24. The zero-order chi connectivity index (χ0) is 19.0. The maximum atomic E-state index is 13.1. The molecular weight excluding hydrogens is 345 g/mol. The van der Waals surface area contributed by atoms with Crippen LogP contribution in [-0.2, 0) is 6.54 Å². The Morgan fingerprint density at radius 3 is 2.81 bits per heavy atom. The second-order valence-corrected chi connectivity index (χ2v) is 7.17. The molecule has 1 saturated heterocycles. The van der Waals surface area contributed by atoms with Crippen LogP contribution in [-0.4, -0.2) is 45.5 Å². The van der Waals surface area contributed by atoms with Crippen molar-refractivity contribution in [3.63, 3.8) is 0 Å². The van der Waals surface area contributed by atoms with Gasteiger partial charge < -0.3 is 9.88 Å². The zero-order valence-corrected chi connectivity index (χ0v) is 15.4. The number of fused-ring (bicyclic) bond motifs is 1. The molecule has 0 radical (unpaired) electrons. The fourth-order valence-corrected chi connectivity index (χ4v) is 3.62. The first-order valence-corrected chi connectivity index (χ1v) is 9.09. The Labute approximate surface area is 156 Å². The van der Waals surface area contributed by atoms with Gasteiger partial charge in [-0.25, -0.2) is 9.37 Å². The number of nitrogens with zero attached hydrogens (tertiary/aromatic N) is 4. The molecule has 1 atom stereocenters. The predicted octanol–water partition coefficient (Wildman–Crippen LogP) is 2.48. The molecule has 0 aromatic carbocycles. The van der Waals surface area contributed by atoms with Crippen molar-refractivity contribution in [2.24, 2.45) is 0 Å². The van der Waals surface area contributed by atoms with E-state index in [-0.39, 0.29) is 17.4 Å². The Hall–Kier alpha value is -2.80. The van der Waals surface area contributed by atoms with E-state index in [9.17, 15) is 9.18 Å². The monoisotopic (exact) mass is 367 g/mol. The molecule has 3 aromatic rings. The van der Waals surface area contributed by atoms with Gasteiger partial charge in [-0.15, -0.1) is 0 Å². The molecule has 27 heavy (non-hydrogen) atoms.